The molecule has 2 aliphatic carbocycles. The molecule has 4 heteroatoms. The minimum Gasteiger partial charge on any atom is -0.293 e. The molecule has 3 nitrogen and oxygen atoms in total. The van der Waals surface area contributed by atoms with Gasteiger partial charge in [0, 0.05) is 28.1 Å². The maximum Gasteiger partial charge on any atom is 0.189 e. The molecule has 3 atom stereocenters. The van der Waals surface area contributed by atoms with E-state index in [0.29, 0.717) is 13.0 Å². The first-order valence-corrected chi connectivity index (χ1v) is 12.5. The Balaban J connectivity index is 1.58. The van der Waals surface area contributed by atoms with E-state index in [9.17, 15) is 9.59 Å². The van der Waals surface area contributed by atoms with Crippen molar-refractivity contribution in [1.82, 2.24) is 4.90 Å². The number of rotatable bonds is 1. The van der Waals surface area contributed by atoms with Gasteiger partial charge in [-0.25, -0.2) is 0 Å². The molecule has 1 heterocycles. The van der Waals surface area contributed by atoms with Crippen LogP contribution in [0.3, 0.4) is 0 Å². The van der Waals surface area contributed by atoms with Crippen molar-refractivity contribution >= 4 is 38.3 Å². The van der Waals surface area contributed by atoms with E-state index in [1.807, 2.05) is 55.6 Å². The summed E-state index contributed by atoms with van der Waals surface area (Å²) >= 11 is 3.55. The topological polar surface area (TPSA) is 37.4 Å². The highest BCUT2D eigenvalue weighted by Gasteiger charge is 2.74. The Morgan fingerprint density at radius 2 is 1.53 bits per heavy atom. The van der Waals surface area contributed by atoms with Crippen LogP contribution in [0.1, 0.15) is 43.3 Å². The highest BCUT2D eigenvalue weighted by molar-refractivity contribution is 9.10. The van der Waals surface area contributed by atoms with Crippen LogP contribution in [0.15, 0.2) is 89.4 Å². The van der Waals surface area contributed by atoms with Crippen LogP contribution < -0.4 is 0 Å². The molecule has 1 fully saturated rings. The molecule has 2 spiro atoms. The molecular formula is C30H22BrNO2. The third-order valence-electron chi connectivity index (χ3n) is 8.55. The van der Waals surface area contributed by atoms with Crippen molar-refractivity contribution in [3.8, 4) is 0 Å². The standard InChI is InChI=1S/C30H22BrNO2/c1-32-17-25(18-12-14-21(31)15-13-18)29(16-20-6-2-3-9-22(20)27(29)33)30(32)24-11-5-8-19-7-4-10-23(26(19)24)28(30)34/h2-15,25H,16-17H2,1H3/t25-,29+,30+/m1/s1. The van der Waals surface area contributed by atoms with Crippen LogP contribution in [0.5, 0.6) is 0 Å². The summed E-state index contributed by atoms with van der Waals surface area (Å²) in [7, 11) is 2.03. The van der Waals surface area contributed by atoms with E-state index in [0.717, 1.165) is 43.1 Å². The van der Waals surface area contributed by atoms with Crippen molar-refractivity contribution in [2.45, 2.75) is 17.9 Å². The molecule has 34 heavy (non-hydrogen) atoms. The van der Waals surface area contributed by atoms with Gasteiger partial charge < -0.3 is 0 Å². The normalized spacial score (nSPS) is 27.4. The number of hydrogen-bond acceptors (Lipinski definition) is 3. The molecule has 4 aromatic carbocycles. The van der Waals surface area contributed by atoms with E-state index < -0.39 is 11.0 Å². The Morgan fingerprint density at radius 1 is 0.824 bits per heavy atom. The quantitative estimate of drug-likeness (QED) is 0.310. The molecule has 0 aromatic heterocycles. The number of fused-ring (bicyclic) bond motifs is 3. The number of benzene rings is 4. The van der Waals surface area contributed by atoms with Gasteiger partial charge in [0.15, 0.2) is 11.6 Å². The monoisotopic (exact) mass is 507 g/mol. The third kappa shape index (κ3) is 2.17. The van der Waals surface area contributed by atoms with Gasteiger partial charge in [0.25, 0.3) is 0 Å². The molecule has 1 aliphatic heterocycles. The van der Waals surface area contributed by atoms with E-state index in [1.165, 1.54) is 0 Å². The Labute approximate surface area is 206 Å². The maximum absolute atomic E-state index is 14.6. The molecule has 3 aliphatic rings. The van der Waals surface area contributed by atoms with Crippen LogP contribution in [0.4, 0.5) is 0 Å². The van der Waals surface area contributed by atoms with Gasteiger partial charge in [-0.05, 0) is 53.1 Å². The number of ketones is 2. The lowest BCUT2D eigenvalue weighted by molar-refractivity contribution is 0.0342. The lowest BCUT2D eigenvalue weighted by atomic mass is 9.58. The van der Waals surface area contributed by atoms with E-state index in [2.05, 4.69) is 57.2 Å². The van der Waals surface area contributed by atoms with E-state index in [1.54, 1.807) is 0 Å². The summed E-state index contributed by atoms with van der Waals surface area (Å²) in [6.45, 7) is 0.636. The summed E-state index contributed by atoms with van der Waals surface area (Å²) in [4.78, 5) is 31.4. The van der Waals surface area contributed by atoms with Crippen molar-refractivity contribution < 1.29 is 9.59 Å². The smallest absolute Gasteiger partial charge is 0.189 e. The molecule has 0 saturated carbocycles. The molecule has 4 aromatic rings. The Bertz CT molecular complexity index is 1540. The van der Waals surface area contributed by atoms with Gasteiger partial charge in [0.2, 0.25) is 0 Å². The Hall–Kier alpha value is -3.08. The average Bonchev–Trinajstić information content (AvgIpc) is 3.40. The summed E-state index contributed by atoms with van der Waals surface area (Å²) < 4.78 is 1.00. The number of hydrogen-bond donors (Lipinski definition) is 0. The van der Waals surface area contributed by atoms with Gasteiger partial charge in [-0.1, -0.05) is 88.7 Å². The summed E-state index contributed by atoms with van der Waals surface area (Å²) in [6, 6.07) is 28.3. The predicted molar refractivity (Wildman–Crippen MR) is 136 cm³/mol. The number of carbonyl (C=O) groups is 2. The van der Waals surface area contributed by atoms with Gasteiger partial charge in [0.1, 0.15) is 5.54 Å². The van der Waals surface area contributed by atoms with Crippen LogP contribution in [-0.4, -0.2) is 30.1 Å². The predicted octanol–water partition coefficient (Wildman–Crippen LogP) is 6.15. The number of nitrogens with zero attached hydrogens (tertiary/aromatic N) is 1. The fraction of sp³-hybridized carbons (Fsp3) is 0.200. The zero-order valence-corrected chi connectivity index (χ0v) is 20.3. The second kappa shape index (κ2) is 6.74. The summed E-state index contributed by atoms with van der Waals surface area (Å²) in [5, 5.41) is 2.06. The van der Waals surface area contributed by atoms with Crippen molar-refractivity contribution in [3.05, 3.63) is 117 Å². The van der Waals surface area contributed by atoms with Crippen molar-refractivity contribution in [2.24, 2.45) is 5.41 Å². The fourth-order valence-electron chi connectivity index (χ4n) is 7.31. The number of likely N-dealkylation sites (N-methyl/N-ethyl adjacent to an activating group) is 1. The molecule has 1 saturated heterocycles. The van der Waals surface area contributed by atoms with Gasteiger partial charge in [-0.2, -0.15) is 0 Å². The largest absolute Gasteiger partial charge is 0.293 e. The lowest BCUT2D eigenvalue weighted by Crippen LogP contribution is -2.57. The highest BCUT2D eigenvalue weighted by Crippen LogP contribution is 2.67. The summed E-state index contributed by atoms with van der Waals surface area (Å²) in [5.74, 6) is 0.0418. The number of carbonyl (C=O) groups excluding carboxylic acids is 2. The van der Waals surface area contributed by atoms with Crippen LogP contribution >= 0.6 is 15.9 Å². The van der Waals surface area contributed by atoms with E-state index in [-0.39, 0.29) is 17.5 Å². The third-order valence-corrected chi connectivity index (χ3v) is 9.07. The van der Waals surface area contributed by atoms with E-state index >= 15 is 0 Å². The highest BCUT2D eigenvalue weighted by atomic mass is 79.9. The van der Waals surface area contributed by atoms with Crippen LogP contribution in [0, 0.1) is 5.41 Å². The molecule has 0 unspecified atom stereocenters. The molecule has 0 N–H and O–H groups in total. The SMILES string of the molecule is CN1C[C@H](c2ccc(Br)cc2)[C@]2(Cc3ccccc3C2=O)[C@]12C(=O)c1cccc3cccc2c13. The molecule has 0 bridgehead atoms. The van der Waals surface area contributed by atoms with Crippen molar-refractivity contribution in [3.63, 3.8) is 0 Å². The van der Waals surface area contributed by atoms with Gasteiger partial charge >= 0.3 is 0 Å². The summed E-state index contributed by atoms with van der Waals surface area (Å²) in [6.07, 6.45) is 0.559. The maximum atomic E-state index is 14.6. The minimum absolute atomic E-state index is 0.0579. The van der Waals surface area contributed by atoms with Gasteiger partial charge in [-0.3, -0.25) is 14.5 Å². The Morgan fingerprint density at radius 3 is 2.29 bits per heavy atom. The van der Waals surface area contributed by atoms with Crippen molar-refractivity contribution in [1.29, 1.82) is 0 Å². The average molecular weight is 508 g/mol. The van der Waals surface area contributed by atoms with E-state index in [4.69, 9.17) is 0 Å². The molecule has 0 amide bonds. The molecule has 166 valence electrons. The second-order valence-electron chi connectivity index (χ2n) is 9.87. The van der Waals surface area contributed by atoms with Crippen molar-refractivity contribution in [2.75, 3.05) is 13.6 Å². The first-order valence-electron chi connectivity index (χ1n) is 11.7. The minimum atomic E-state index is -1.04. The second-order valence-corrected chi connectivity index (χ2v) is 10.8. The summed E-state index contributed by atoms with van der Waals surface area (Å²) in [5.41, 5.74) is 2.67. The number of Topliss-reactive ketones (excluding diaryl/α,β-unsaturated/α-hetero) is 2. The van der Waals surface area contributed by atoms with Gasteiger partial charge in [-0.15, -0.1) is 0 Å². The zero-order chi connectivity index (χ0) is 23.2. The first-order chi connectivity index (χ1) is 16.5. The fourth-order valence-corrected chi connectivity index (χ4v) is 7.57. The van der Waals surface area contributed by atoms with Crippen LogP contribution in [-0.2, 0) is 12.0 Å². The Kier molecular flexibility index (Phi) is 4.03. The van der Waals surface area contributed by atoms with Crippen LogP contribution in [0.2, 0.25) is 0 Å². The lowest BCUT2D eigenvalue weighted by Gasteiger charge is -2.44. The number of likely N-dealkylation sites (tertiary alicyclic amines) is 1. The first kappa shape index (κ1) is 20.3. The molecule has 7 rings (SSSR count). The molecule has 0 radical (unpaired) electrons. The van der Waals surface area contributed by atoms with Gasteiger partial charge in [0.05, 0.1) is 5.41 Å². The zero-order valence-electron chi connectivity index (χ0n) is 18.7. The van der Waals surface area contributed by atoms with Crippen LogP contribution in [0.25, 0.3) is 10.8 Å². The molecular weight excluding hydrogens is 486 g/mol. The number of halogens is 1.